The van der Waals surface area contributed by atoms with E-state index >= 15 is 0 Å². The van der Waals surface area contributed by atoms with Crippen LogP contribution in [-0.4, -0.2) is 14.8 Å². The number of hydrogen-bond acceptors (Lipinski definition) is 5. The molecule has 0 radical (unpaired) electrons. The fourth-order valence-corrected chi connectivity index (χ4v) is 6.07. The maximum absolute atomic E-state index is 11.7. The third-order valence-electron chi connectivity index (χ3n) is 7.67. The summed E-state index contributed by atoms with van der Waals surface area (Å²) in [5.41, 5.74) is 4.41. The Labute approximate surface area is 198 Å². The Hall–Kier alpha value is -3.67. The van der Waals surface area contributed by atoms with Gasteiger partial charge in [-0.2, -0.15) is 4.68 Å². The molecule has 6 rings (SSSR count). The number of rotatable bonds is 6. The molecule has 3 atom stereocenters. The average Bonchev–Trinajstić information content (AvgIpc) is 3.59. The Morgan fingerprint density at radius 3 is 2.38 bits per heavy atom. The molecule has 2 fully saturated rings. The average molecular weight is 454 g/mol. The molecule has 172 valence electrons. The lowest BCUT2D eigenvalue weighted by Gasteiger charge is -2.39. The van der Waals surface area contributed by atoms with E-state index in [-0.39, 0.29) is 5.41 Å². The van der Waals surface area contributed by atoms with Crippen molar-refractivity contribution >= 4 is 0 Å². The standard InChI is InChI=1S/C28H27N3O3/c1-31-27(32)34-26(30-31)20-6-9-21(10-7-20)28(17-19-5-8-23(28)16-19)22-11-13-25(14-12-22)33-18-24-4-2-3-15-29-24/h2-4,6-7,9-15,19,23H,5,8,16-18H2,1H3/t19-,23+,28-/m1/s1. The van der Waals surface area contributed by atoms with Crippen LogP contribution < -0.4 is 10.5 Å². The van der Waals surface area contributed by atoms with Crippen LogP contribution in [0.4, 0.5) is 0 Å². The first kappa shape index (κ1) is 20.9. The van der Waals surface area contributed by atoms with E-state index in [1.54, 1.807) is 13.2 Å². The number of ether oxygens (including phenoxy) is 1. The molecule has 2 aliphatic rings. The molecule has 2 bridgehead atoms. The summed E-state index contributed by atoms with van der Waals surface area (Å²) in [6.45, 7) is 0.459. The van der Waals surface area contributed by atoms with Gasteiger partial charge in [0.05, 0.1) is 5.69 Å². The second-order valence-corrected chi connectivity index (χ2v) is 9.56. The van der Waals surface area contributed by atoms with Crippen molar-refractivity contribution in [3.8, 4) is 17.2 Å². The molecular weight excluding hydrogens is 426 g/mol. The lowest BCUT2D eigenvalue weighted by atomic mass is 9.64. The fourth-order valence-electron chi connectivity index (χ4n) is 6.07. The molecule has 0 saturated heterocycles. The van der Waals surface area contributed by atoms with Gasteiger partial charge in [0, 0.05) is 24.2 Å². The summed E-state index contributed by atoms with van der Waals surface area (Å²) in [6, 6.07) is 22.9. The zero-order valence-electron chi connectivity index (χ0n) is 19.2. The van der Waals surface area contributed by atoms with Gasteiger partial charge in [-0.25, -0.2) is 4.79 Å². The molecule has 2 aromatic heterocycles. The van der Waals surface area contributed by atoms with Crippen molar-refractivity contribution in [3.05, 3.63) is 100 Å². The quantitative estimate of drug-likeness (QED) is 0.405. The maximum atomic E-state index is 11.7. The summed E-state index contributed by atoms with van der Waals surface area (Å²) in [5, 5.41) is 4.19. The third kappa shape index (κ3) is 3.54. The topological polar surface area (TPSA) is 70.2 Å². The van der Waals surface area contributed by atoms with E-state index in [1.807, 2.05) is 30.3 Å². The van der Waals surface area contributed by atoms with Gasteiger partial charge in [0.15, 0.2) is 0 Å². The number of fused-ring (bicyclic) bond motifs is 2. The van der Waals surface area contributed by atoms with Crippen molar-refractivity contribution < 1.29 is 9.15 Å². The maximum Gasteiger partial charge on any atom is 0.437 e. The molecule has 0 amide bonds. The molecule has 6 heteroatoms. The highest BCUT2D eigenvalue weighted by Gasteiger charge is 2.52. The highest BCUT2D eigenvalue weighted by molar-refractivity contribution is 5.55. The minimum atomic E-state index is -0.450. The Kier molecular flexibility index (Phi) is 5.09. The normalized spacial score (nSPS) is 23.3. The second-order valence-electron chi connectivity index (χ2n) is 9.56. The van der Waals surface area contributed by atoms with Crippen LogP contribution >= 0.6 is 0 Å². The van der Waals surface area contributed by atoms with Gasteiger partial charge in [0.1, 0.15) is 12.4 Å². The first-order chi connectivity index (χ1) is 16.6. The minimum Gasteiger partial charge on any atom is -0.487 e. The molecule has 0 spiro atoms. The van der Waals surface area contributed by atoms with Gasteiger partial charge < -0.3 is 9.15 Å². The Bertz CT molecular complexity index is 1340. The van der Waals surface area contributed by atoms with Crippen LogP contribution in [0.2, 0.25) is 0 Å². The van der Waals surface area contributed by atoms with E-state index in [1.165, 1.54) is 41.5 Å². The van der Waals surface area contributed by atoms with Crippen LogP contribution in [0.5, 0.6) is 5.75 Å². The van der Waals surface area contributed by atoms with E-state index < -0.39 is 5.76 Å². The summed E-state index contributed by atoms with van der Waals surface area (Å²) in [4.78, 5) is 16.0. The van der Waals surface area contributed by atoms with E-state index in [0.29, 0.717) is 18.4 Å². The van der Waals surface area contributed by atoms with Crippen LogP contribution in [0.15, 0.2) is 82.1 Å². The largest absolute Gasteiger partial charge is 0.487 e. The van der Waals surface area contributed by atoms with Crippen molar-refractivity contribution in [2.75, 3.05) is 0 Å². The molecule has 2 saturated carbocycles. The number of pyridine rings is 1. The van der Waals surface area contributed by atoms with Gasteiger partial charge in [-0.15, -0.1) is 5.10 Å². The molecule has 34 heavy (non-hydrogen) atoms. The fraction of sp³-hybridized carbons (Fsp3) is 0.321. The predicted octanol–water partition coefficient (Wildman–Crippen LogP) is 5.12. The molecule has 4 aromatic rings. The van der Waals surface area contributed by atoms with E-state index in [0.717, 1.165) is 22.9 Å². The molecule has 6 nitrogen and oxygen atoms in total. The number of aromatic nitrogens is 3. The molecule has 0 N–H and O–H groups in total. The molecule has 2 heterocycles. The van der Waals surface area contributed by atoms with Gasteiger partial charge in [-0.3, -0.25) is 4.98 Å². The lowest BCUT2D eigenvalue weighted by Crippen LogP contribution is -2.34. The van der Waals surface area contributed by atoms with Gasteiger partial charge >= 0.3 is 5.76 Å². The molecule has 0 aliphatic heterocycles. The monoisotopic (exact) mass is 453 g/mol. The predicted molar refractivity (Wildman–Crippen MR) is 128 cm³/mol. The van der Waals surface area contributed by atoms with Gasteiger partial charge in [-0.1, -0.05) is 36.8 Å². The van der Waals surface area contributed by atoms with Crippen molar-refractivity contribution in [2.24, 2.45) is 18.9 Å². The van der Waals surface area contributed by atoms with Crippen molar-refractivity contribution in [3.63, 3.8) is 0 Å². The van der Waals surface area contributed by atoms with Crippen LogP contribution in [-0.2, 0) is 19.1 Å². The SMILES string of the molecule is Cn1nc(-c2ccc([C@@]3(c4ccc(OCc5ccccn5)cc4)C[C@@H]4CC[C@H]3C4)cc2)oc1=O. The van der Waals surface area contributed by atoms with E-state index in [9.17, 15) is 4.79 Å². The summed E-state index contributed by atoms with van der Waals surface area (Å²) in [7, 11) is 1.59. The summed E-state index contributed by atoms with van der Waals surface area (Å²) in [6.07, 6.45) is 6.83. The molecule has 0 unspecified atom stereocenters. The lowest BCUT2D eigenvalue weighted by molar-refractivity contribution is 0.299. The Morgan fingerprint density at radius 2 is 1.79 bits per heavy atom. The van der Waals surface area contributed by atoms with Crippen LogP contribution in [0.3, 0.4) is 0 Å². The van der Waals surface area contributed by atoms with Gasteiger partial charge in [0.25, 0.3) is 0 Å². The smallest absolute Gasteiger partial charge is 0.437 e. The zero-order chi connectivity index (χ0) is 23.1. The number of aryl methyl sites for hydroxylation is 1. The highest BCUT2D eigenvalue weighted by Crippen LogP contribution is 2.60. The van der Waals surface area contributed by atoms with E-state index in [4.69, 9.17) is 9.15 Å². The van der Waals surface area contributed by atoms with E-state index in [2.05, 4.69) is 46.5 Å². The van der Waals surface area contributed by atoms with Gasteiger partial charge in [0.2, 0.25) is 5.89 Å². The second kappa shape index (κ2) is 8.28. The highest BCUT2D eigenvalue weighted by atomic mass is 16.5. The summed E-state index contributed by atoms with van der Waals surface area (Å²) < 4.78 is 12.5. The van der Waals surface area contributed by atoms with Crippen molar-refractivity contribution in [2.45, 2.75) is 37.7 Å². The van der Waals surface area contributed by atoms with Crippen molar-refractivity contribution in [1.29, 1.82) is 0 Å². The van der Waals surface area contributed by atoms with Gasteiger partial charge in [-0.05, 0) is 78.6 Å². The number of hydrogen-bond donors (Lipinski definition) is 0. The summed E-state index contributed by atoms with van der Waals surface area (Å²) in [5.74, 6) is 2.17. The van der Waals surface area contributed by atoms with Crippen molar-refractivity contribution in [1.82, 2.24) is 14.8 Å². The number of nitrogens with zero attached hydrogens (tertiary/aromatic N) is 3. The first-order valence-electron chi connectivity index (χ1n) is 11.9. The molecule has 2 aromatic carbocycles. The zero-order valence-corrected chi connectivity index (χ0v) is 19.2. The molecule has 2 aliphatic carbocycles. The number of benzene rings is 2. The molecular formula is C28H27N3O3. The third-order valence-corrected chi connectivity index (χ3v) is 7.67. The Morgan fingerprint density at radius 1 is 1.03 bits per heavy atom. The summed E-state index contributed by atoms with van der Waals surface area (Å²) >= 11 is 0. The first-order valence-corrected chi connectivity index (χ1v) is 11.9. The van der Waals surface area contributed by atoms with Crippen LogP contribution in [0.1, 0.15) is 42.5 Å². The van der Waals surface area contributed by atoms with Crippen LogP contribution in [0, 0.1) is 11.8 Å². The van der Waals surface area contributed by atoms with Crippen LogP contribution in [0.25, 0.3) is 11.5 Å². The Balaban J connectivity index is 1.29. The minimum absolute atomic E-state index is 0.00587.